The van der Waals surface area contributed by atoms with Gasteiger partial charge in [-0.15, -0.1) is 0 Å². The third-order valence-corrected chi connectivity index (χ3v) is 6.82. The van der Waals surface area contributed by atoms with Crippen LogP contribution in [0.5, 0.6) is 0 Å². The molecule has 1 aliphatic heterocycles. The molecule has 1 atom stereocenters. The molecule has 2 N–H and O–H groups in total. The number of aromatic nitrogens is 1. The average Bonchev–Trinajstić information content (AvgIpc) is 3.18. The van der Waals surface area contributed by atoms with Crippen LogP contribution in [0.25, 0.3) is 0 Å². The second-order valence-corrected chi connectivity index (χ2v) is 9.39. The van der Waals surface area contributed by atoms with Crippen molar-refractivity contribution in [1.29, 1.82) is 0 Å². The van der Waals surface area contributed by atoms with Crippen LogP contribution in [0, 0.1) is 5.92 Å². The molecule has 0 bridgehead atoms. The van der Waals surface area contributed by atoms with Crippen molar-refractivity contribution in [2.45, 2.75) is 24.8 Å². The van der Waals surface area contributed by atoms with Crippen LogP contribution in [-0.4, -0.2) is 49.9 Å². The number of morpholine rings is 1. The van der Waals surface area contributed by atoms with E-state index >= 15 is 0 Å². The molecule has 1 aromatic carbocycles. The van der Waals surface area contributed by atoms with Gasteiger partial charge in [-0.1, -0.05) is 37.6 Å². The Bertz CT molecular complexity index is 919. The standard InChI is InChI=1S/C19H24ClN3O4S/c1-13(2)18(14-3-5-15(20)6-4-14)22-19(24)17-11-16(12-21-17)28(25,26)23-7-9-27-10-8-23/h3-6,11-13,18,21H,7-10H2,1-2H3,(H,22,24). The normalized spacial score (nSPS) is 16.9. The molecule has 0 spiro atoms. The molecule has 0 saturated carbocycles. The highest BCUT2D eigenvalue weighted by atomic mass is 35.5. The zero-order valence-corrected chi connectivity index (χ0v) is 17.4. The smallest absolute Gasteiger partial charge is 0.268 e. The number of sulfonamides is 1. The molecule has 28 heavy (non-hydrogen) atoms. The van der Waals surface area contributed by atoms with Crippen LogP contribution in [0.2, 0.25) is 5.02 Å². The van der Waals surface area contributed by atoms with Gasteiger partial charge in [0, 0.05) is 24.3 Å². The predicted molar refractivity (Wildman–Crippen MR) is 107 cm³/mol. The van der Waals surface area contributed by atoms with Crippen molar-refractivity contribution in [3.05, 3.63) is 52.8 Å². The van der Waals surface area contributed by atoms with Gasteiger partial charge in [-0.3, -0.25) is 4.79 Å². The highest BCUT2D eigenvalue weighted by molar-refractivity contribution is 7.89. The summed E-state index contributed by atoms with van der Waals surface area (Å²) in [6.07, 6.45) is 1.35. The lowest BCUT2D eigenvalue weighted by atomic mass is 9.96. The van der Waals surface area contributed by atoms with Gasteiger partial charge < -0.3 is 15.0 Å². The first-order valence-corrected chi connectivity index (χ1v) is 10.9. The number of ether oxygens (including phenoxy) is 1. The summed E-state index contributed by atoms with van der Waals surface area (Å²) in [7, 11) is -3.65. The van der Waals surface area contributed by atoms with Crippen molar-refractivity contribution < 1.29 is 17.9 Å². The molecular formula is C19H24ClN3O4S. The number of nitrogens with zero attached hydrogens (tertiary/aromatic N) is 1. The molecule has 1 saturated heterocycles. The van der Waals surface area contributed by atoms with E-state index in [0.29, 0.717) is 31.3 Å². The first-order chi connectivity index (χ1) is 13.3. The van der Waals surface area contributed by atoms with E-state index in [1.807, 2.05) is 26.0 Å². The fourth-order valence-corrected chi connectivity index (χ4v) is 4.64. The Morgan fingerprint density at radius 3 is 2.46 bits per heavy atom. The number of rotatable bonds is 6. The van der Waals surface area contributed by atoms with Crippen molar-refractivity contribution in [1.82, 2.24) is 14.6 Å². The Morgan fingerprint density at radius 2 is 1.86 bits per heavy atom. The van der Waals surface area contributed by atoms with E-state index in [1.54, 1.807) is 12.1 Å². The molecule has 1 fully saturated rings. The van der Waals surface area contributed by atoms with E-state index in [2.05, 4.69) is 10.3 Å². The van der Waals surface area contributed by atoms with Crippen LogP contribution in [0.3, 0.4) is 0 Å². The molecule has 1 unspecified atom stereocenters. The molecule has 3 rings (SSSR count). The topological polar surface area (TPSA) is 91.5 Å². The van der Waals surface area contributed by atoms with Gasteiger partial charge in [-0.05, 0) is 29.7 Å². The number of nitrogens with one attached hydrogen (secondary N) is 2. The van der Waals surface area contributed by atoms with Gasteiger partial charge in [-0.25, -0.2) is 8.42 Å². The van der Waals surface area contributed by atoms with Gasteiger partial charge in [0.05, 0.1) is 19.3 Å². The quantitative estimate of drug-likeness (QED) is 0.744. The molecule has 1 amide bonds. The minimum absolute atomic E-state index is 0.0761. The largest absolute Gasteiger partial charge is 0.379 e. The summed E-state index contributed by atoms with van der Waals surface area (Å²) in [4.78, 5) is 15.6. The van der Waals surface area contributed by atoms with Gasteiger partial charge in [0.1, 0.15) is 10.6 Å². The molecule has 0 radical (unpaired) electrons. The molecule has 7 nitrogen and oxygen atoms in total. The highest BCUT2D eigenvalue weighted by Crippen LogP contribution is 2.24. The summed E-state index contributed by atoms with van der Waals surface area (Å²) in [5.74, 6) is -0.228. The molecule has 2 heterocycles. The summed E-state index contributed by atoms with van der Waals surface area (Å²) < 4.78 is 32.0. The van der Waals surface area contributed by atoms with Gasteiger partial charge in [0.25, 0.3) is 5.91 Å². The molecule has 2 aromatic rings. The number of hydrogen-bond acceptors (Lipinski definition) is 4. The molecular weight excluding hydrogens is 402 g/mol. The van der Waals surface area contributed by atoms with Crippen molar-refractivity contribution in [2.75, 3.05) is 26.3 Å². The lowest BCUT2D eigenvalue weighted by Crippen LogP contribution is -2.40. The van der Waals surface area contributed by atoms with E-state index in [0.717, 1.165) is 5.56 Å². The van der Waals surface area contributed by atoms with Crippen LogP contribution in [0.4, 0.5) is 0 Å². The number of benzene rings is 1. The second-order valence-electron chi connectivity index (χ2n) is 7.01. The van der Waals surface area contributed by atoms with Crippen molar-refractivity contribution in [3.63, 3.8) is 0 Å². The maximum atomic E-state index is 12.7. The van der Waals surface area contributed by atoms with Crippen molar-refractivity contribution in [2.24, 2.45) is 5.92 Å². The van der Waals surface area contributed by atoms with Crippen LogP contribution in [0.15, 0.2) is 41.4 Å². The van der Waals surface area contributed by atoms with E-state index in [1.165, 1.54) is 16.6 Å². The predicted octanol–water partition coefficient (Wildman–Crippen LogP) is 2.82. The third kappa shape index (κ3) is 4.57. The monoisotopic (exact) mass is 425 g/mol. The summed E-state index contributed by atoms with van der Waals surface area (Å²) >= 11 is 5.95. The van der Waals surface area contributed by atoms with Crippen LogP contribution in [0.1, 0.15) is 35.9 Å². The van der Waals surface area contributed by atoms with E-state index < -0.39 is 10.0 Å². The van der Waals surface area contributed by atoms with Crippen LogP contribution in [-0.2, 0) is 14.8 Å². The van der Waals surface area contributed by atoms with Crippen molar-refractivity contribution >= 4 is 27.5 Å². The van der Waals surface area contributed by atoms with Crippen molar-refractivity contribution in [3.8, 4) is 0 Å². The Balaban J connectivity index is 1.76. The molecule has 1 aliphatic rings. The zero-order valence-electron chi connectivity index (χ0n) is 15.8. The zero-order chi connectivity index (χ0) is 20.3. The van der Waals surface area contributed by atoms with E-state index in [4.69, 9.17) is 16.3 Å². The van der Waals surface area contributed by atoms with E-state index in [9.17, 15) is 13.2 Å². The lowest BCUT2D eigenvalue weighted by molar-refractivity contribution is 0.0730. The SMILES string of the molecule is CC(C)C(NC(=O)c1cc(S(=O)(=O)N2CCOCC2)c[nH]1)c1ccc(Cl)cc1. The van der Waals surface area contributed by atoms with Gasteiger partial charge >= 0.3 is 0 Å². The molecule has 9 heteroatoms. The van der Waals surface area contributed by atoms with Gasteiger partial charge in [-0.2, -0.15) is 4.31 Å². The summed E-state index contributed by atoms with van der Waals surface area (Å²) in [6, 6.07) is 8.44. The lowest BCUT2D eigenvalue weighted by Gasteiger charge is -2.25. The summed E-state index contributed by atoms with van der Waals surface area (Å²) in [5, 5.41) is 3.60. The highest BCUT2D eigenvalue weighted by Gasteiger charge is 2.28. The minimum Gasteiger partial charge on any atom is -0.379 e. The fraction of sp³-hybridized carbons (Fsp3) is 0.421. The number of aromatic amines is 1. The first kappa shape index (κ1) is 20.9. The summed E-state index contributed by atoms with van der Waals surface area (Å²) in [6.45, 7) is 5.36. The van der Waals surface area contributed by atoms with E-state index in [-0.39, 0.29) is 28.5 Å². The minimum atomic E-state index is -3.65. The van der Waals surface area contributed by atoms with Gasteiger partial charge in [0.15, 0.2) is 0 Å². The molecule has 0 aliphatic carbocycles. The number of amides is 1. The third-order valence-electron chi connectivity index (χ3n) is 4.69. The maximum Gasteiger partial charge on any atom is 0.268 e. The second kappa shape index (κ2) is 8.65. The number of H-pyrrole nitrogens is 1. The number of hydrogen-bond donors (Lipinski definition) is 2. The number of carbonyl (C=O) groups excluding carboxylic acids is 1. The maximum absolute atomic E-state index is 12.7. The average molecular weight is 426 g/mol. The molecule has 152 valence electrons. The fourth-order valence-electron chi connectivity index (χ4n) is 3.11. The Hall–Kier alpha value is -1.87. The first-order valence-electron chi connectivity index (χ1n) is 9.11. The Kier molecular flexibility index (Phi) is 6.44. The summed E-state index contributed by atoms with van der Waals surface area (Å²) in [5.41, 5.74) is 1.13. The Labute approximate surface area is 170 Å². The van der Waals surface area contributed by atoms with Gasteiger partial charge in [0.2, 0.25) is 10.0 Å². The Morgan fingerprint density at radius 1 is 1.21 bits per heavy atom. The number of halogens is 1. The van der Waals surface area contributed by atoms with Crippen LogP contribution < -0.4 is 5.32 Å². The molecule has 1 aromatic heterocycles. The number of carbonyl (C=O) groups is 1. The van der Waals surface area contributed by atoms with Crippen LogP contribution >= 0.6 is 11.6 Å².